The SMILES string of the molecule is Cc1cccc(CNCC2(O)CCCN(Cc3cccc(F)c3F)C2=O)n1. The molecule has 2 aromatic rings. The Balaban J connectivity index is 1.63. The fourth-order valence-corrected chi connectivity index (χ4v) is 3.35. The number of pyridine rings is 1. The zero-order valence-corrected chi connectivity index (χ0v) is 15.2. The predicted molar refractivity (Wildman–Crippen MR) is 96.6 cm³/mol. The number of aliphatic hydroxyl groups is 1. The maximum Gasteiger partial charge on any atom is 0.256 e. The van der Waals surface area contributed by atoms with Gasteiger partial charge in [-0.1, -0.05) is 18.2 Å². The van der Waals surface area contributed by atoms with E-state index in [1.54, 1.807) is 0 Å². The topological polar surface area (TPSA) is 65.5 Å². The minimum atomic E-state index is -1.56. The first-order valence-electron chi connectivity index (χ1n) is 8.97. The molecule has 0 radical (unpaired) electrons. The molecule has 27 heavy (non-hydrogen) atoms. The number of aromatic nitrogens is 1. The first-order valence-corrected chi connectivity index (χ1v) is 8.97. The summed E-state index contributed by atoms with van der Waals surface area (Å²) in [4.78, 5) is 18.5. The second-order valence-corrected chi connectivity index (χ2v) is 6.95. The van der Waals surface area contributed by atoms with E-state index in [1.165, 1.54) is 17.0 Å². The fraction of sp³-hybridized carbons (Fsp3) is 0.400. The van der Waals surface area contributed by atoms with Gasteiger partial charge in [0.05, 0.1) is 5.69 Å². The highest BCUT2D eigenvalue weighted by Crippen LogP contribution is 2.25. The quantitative estimate of drug-likeness (QED) is 0.813. The molecule has 1 aliphatic rings. The molecule has 0 saturated carbocycles. The number of amides is 1. The highest BCUT2D eigenvalue weighted by Gasteiger charge is 2.42. The summed E-state index contributed by atoms with van der Waals surface area (Å²) in [6, 6.07) is 9.55. The van der Waals surface area contributed by atoms with Crippen molar-refractivity contribution in [1.82, 2.24) is 15.2 Å². The first kappa shape index (κ1) is 19.4. The third-order valence-corrected chi connectivity index (χ3v) is 4.77. The molecule has 2 heterocycles. The Morgan fingerprint density at radius 1 is 1.26 bits per heavy atom. The van der Waals surface area contributed by atoms with Crippen molar-refractivity contribution >= 4 is 5.91 Å². The summed E-state index contributed by atoms with van der Waals surface area (Å²) < 4.78 is 27.3. The largest absolute Gasteiger partial charge is 0.379 e. The van der Waals surface area contributed by atoms with E-state index >= 15 is 0 Å². The highest BCUT2D eigenvalue weighted by molar-refractivity contribution is 5.86. The molecule has 1 unspecified atom stereocenters. The van der Waals surface area contributed by atoms with Crippen molar-refractivity contribution < 1.29 is 18.7 Å². The summed E-state index contributed by atoms with van der Waals surface area (Å²) in [7, 11) is 0. The van der Waals surface area contributed by atoms with Crippen LogP contribution in [0.5, 0.6) is 0 Å². The number of likely N-dealkylation sites (tertiary alicyclic amines) is 1. The molecule has 2 N–H and O–H groups in total. The van der Waals surface area contributed by atoms with Gasteiger partial charge in [-0.3, -0.25) is 9.78 Å². The minimum absolute atomic E-state index is 0.0653. The molecular formula is C20H23F2N3O2. The van der Waals surface area contributed by atoms with E-state index in [9.17, 15) is 18.7 Å². The van der Waals surface area contributed by atoms with Crippen molar-refractivity contribution in [1.29, 1.82) is 0 Å². The lowest BCUT2D eigenvalue weighted by Gasteiger charge is -2.38. The molecule has 1 saturated heterocycles. The van der Waals surface area contributed by atoms with Crippen molar-refractivity contribution in [3.05, 3.63) is 65.0 Å². The summed E-state index contributed by atoms with van der Waals surface area (Å²) >= 11 is 0. The molecule has 1 amide bonds. The molecule has 1 aromatic carbocycles. The number of carbonyl (C=O) groups is 1. The molecule has 1 aromatic heterocycles. The molecule has 1 fully saturated rings. The summed E-state index contributed by atoms with van der Waals surface area (Å²) in [6.45, 7) is 2.73. The van der Waals surface area contributed by atoms with Gasteiger partial charge in [0.2, 0.25) is 0 Å². The van der Waals surface area contributed by atoms with Gasteiger partial charge >= 0.3 is 0 Å². The zero-order valence-electron chi connectivity index (χ0n) is 15.2. The van der Waals surface area contributed by atoms with Crippen LogP contribution in [0.3, 0.4) is 0 Å². The lowest BCUT2D eigenvalue weighted by molar-refractivity contribution is -0.157. The number of hydrogen-bond acceptors (Lipinski definition) is 4. The van der Waals surface area contributed by atoms with Crippen LogP contribution in [-0.4, -0.2) is 39.6 Å². The van der Waals surface area contributed by atoms with Crippen molar-refractivity contribution in [2.45, 2.75) is 38.5 Å². The van der Waals surface area contributed by atoms with Gasteiger partial charge in [0.15, 0.2) is 17.2 Å². The van der Waals surface area contributed by atoms with Crippen LogP contribution < -0.4 is 5.32 Å². The molecule has 1 aliphatic heterocycles. The Morgan fingerprint density at radius 2 is 2.04 bits per heavy atom. The molecule has 0 aliphatic carbocycles. The van der Waals surface area contributed by atoms with Gasteiger partial charge in [-0.25, -0.2) is 8.78 Å². The van der Waals surface area contributed by atoms with Gasteiger partial charge < -0.3 is 15.3 Å². The van der Waals surface area contributed by atoms with Crippen molar-refractivity contribution in [2.24, 2.45) is 0 Å². The molecule has 0 spiro atoms. The molecule has 0 bridgehead atoms. The van der Waals surface area contributed by atoms with Crippen molar-refractivity contribution in [2.75, 3.05) is 13.1 Å². The van der Waals surface area contributed by atoms with Crippen LogP contribution in [0.2, 0.25) is 0 Å². The van der Waals surface area contributed by atoms with Gasteiger partial charge in [0.25, 0.3) is 5.91 Å². The van der Waals surface area contributed by atoms with Crippen molar-refractivity contribution in [3.8, 4) is 0 Å². The summed E-state index contributed by atoms with van der Waals surface area (Å²) in [5.74, 6) is -2.37. The normalized spacial score (nSPS) is 20.1. The number of benzene rings is 1. The third kappa shape index (κ3) is 4.48. The number of nitrogens with zero attached hydrogens (tertiary/aromatic N) is 2. The summed E-state index contributed by atoms with van der Waals surface area (Å²) in [5, 5.41) is 13.9. The van der Waals surface area contributed by atoms with Gasteiger partial charge in [-0.15, -0.1) is 0 Å². The smallest absolute Gasteiger partial charge is 0.256 e. The van der Waals surface area contributed by atoms with E-state index in [-0.39, 0.29) is 18.7 Å². The predicted octanol–water partition coefficient (Wildman–Crippen LogP) is 2.31. The van der Waals surface area contributed by atoms with Gasteiger partial charge in [0.1, 0.15) is 0 Å². The second kappa shape index (κ2) is 8.10. The maximum atomic E-state index is 13.9. The number of halogens is 2. The number of nitrogens with one attached hydrogen (secondary N) is 1. The lowest BCUT2D eigenvalue weighted by atomic mass is 9.91. The Bertz CT molecular complexity index is 831. The van der Waals surface area contributed by atoms with Crippen LogP contribution >= 0.6 is 0 Å². The number of aryl methyl sites for hydroxylation is 1. The number of rotatable bonds is 6. The van der Waals surface area contributed by atoms with Crippen LogP contribution in [0.15, 0.2) is 36.4 Å². The van der Waals surface area contributed by atoms with E-state index in [2.05, 4.69) is 10.3 Å². The lowest BCUT2D eigenvalue weighted by Crippen LogP contribution is -2.57. The van der Waals surface area contributed by atoms with Crippen LogP contribution in [0.4, 0.5) is 8.78 Å². The van der Waals surface area contributed by atoms with E-state index in [0.717, 1.165) is 17.5 Å². The molecule has 5 nitrogen and oxygen atoms in total. The van der Waals surface area contributed by atoms with Crippen LogP contribution in [0.25, 0.3) is 0 Å². The molecule has 144 valence electrons. The zero-order chi connectivity index (χ0) is 19.4. The van der Waals surface area contributed by atoms with Gasteiger partial charge in [0, 0.05) is 37.4 Å². The fourth-order valence-electron chi connectivity index (χ4n) is 3.35. The van der Waals surface area contributed by atoms with Gasteiger partial charge in [-0.05, 0) is 38.0 Å². The summed E-state index contributed by atoms with van der Waals surface area (Å²) in [6.07, 6.45) is 0.908. The molecular weight excluding hydrogens is 352 g/mol. The number of piperidine rings is 1. The van der Waals surface area contributed by atoms with Gasteiger partial charge in [-0.2, -0.15) is 0 Å². The Kier molecular flexibility index (Phi) is 5.82. The Labute approximate surface area is 157 Å². The van der Waals surface area contributed by atoms with E-state index in [1.807, 2.05) is 25.1 Å². The Morgan fingerprint density at radius 3 is 2.81 bits per heavy atom. The van der Waals surface area contributed by atoms with Crippen LogP contribution in [-0.2, 0) is 17.9 Å². The molecule has 3 rings (SSSR count). The standard InChI is InChI=1S/C20H23F2N3O2/c1-14-5-2-7-16(24-14)11-23-13-20(27)9-4-10-25(19(20)26)12-15-6-3-8-17(21)18(15)22/h2-3,5-8,23,27H,4,9-13H2,1H3. The van der Waals surface area contributed by atoms with E-state index in [4.69, 9.17) is 0 Å². The first-order chi connectivity index (χ1) is 12.9. The monoisotopic (exact) mass is 375 g/mol. The average Bonchev–Trinajstić information content (AvgIpc) is 2.63. The van der Waals surface area contributed by atoms with Crippen molar-refractivity contribution in [3.63, 3.8) is 0 Å². The van der Waals surface area contributed by atoms with E-state index < -0.39 is 23.1 Å². The number of carbonyl (C=O) groups excluding carboxylic acids is 1. The molecule has 7 heteroatoms. The third-order valence-electron chi connectivity index (χ3n) is 4.77. The van der Waals surface area contributed by atoms with Crippen LogP contribution in [0.1, 0.15) is 29.8 Å². The average molecular weight is 375 g/mol. The summed E-state index contributed by atoms with van der Waals surface area (Å²) in [5.41, 5.74) is 0.251. The minimum Gasteiger partial charge on any atom is -0.379 e. The van der Waals surface area contributed by atoms with Crippen LogP contribution in [0, 0.1) is 18.6 Å². The highest BCUT2D eigenvalue weighted by atomic mass is 19.2. The number of hydrogen-bond donors (Lipinski definition) is 2. The second-order valence-electron chi connectivity index (χ2n) is 6.95. The molecule has 1 atom stereocenters. The van der Waals surface area contributed by atoms with E-state index in [0.29, 0.717) is 25.9 Å². The Hall–Kier alpha value is -2.38. The maximum absolute atomic E-state index is 13.9.